The summed E-state index contributed by atoms with van der Waals surface area (Å²) in [5, 5.41) is 15.0. The van der Waals surface area contributed by atoms with Gasteiger partial charge < -0.3 is 9.64 Å². The molecule has 0 fully saturated rings. The van der Waals surface area contributed by atoms with Gasteiger partial charge in [0, 0.05) is 13.6 Å². The fraction of sp³-hybridized carbons (Fsp3) is 0.389. The third kappa shape index (κ3) is 4.90. The Morgan fingerprint density at radius 3 is 2.48 bits per heavy atom. The normalized spacial score (nSPS) is 11.7. The van der Waals surface area contributed by atoms with Crippen molar-refractivity contribution in [2.75, 3.05) is 7.05 Å². The highest BCUT2D eigenvalue weighted by molar-refractivity contribution is 5.83. The summed E-state index contributed by atoms with van der Waals surface area (Å²) in [5.74, 6) is -1.03. The summed E-state index contributed by atoms with van der Waals surface area (Å²) >= 11 is 0. The van der Waals surface area contributed by atoms with E-state index in [9.17, 15) is 19.7 Å². The Kier molecular flexibility index (Phi) is 6.27. The third-order valence-electron chi connectivity index (χ3n) is 4.10. The lowest BCUT2D eigenvalue weighted by Crippen LogP contribution is -2.37. The van der Waals surface area contributed by atoms with Crippen molar-refractivity contribution in [1.82, 2.24) is 14.7 Å². The van der Waals surface area contributed by atoms with Gasteiger partial charge >= 0.3 is 11.7 Å². The molecule has 9 nitrogen and oxygen atoms in total. The summed E-state index contributed by atoms with van der Waals surface area (Å²) in [4.78, 5) is 36.5. The predicted molar refractivity (Wildman–Crippen MR) is 96.8 cm³/mol. The number of amides is 1. The molecule has 0 saturated heterocycles. The number of aromatic nitrogens is 2. The average Bonchev–Trinajstić information content (AvgIpc) is 2.88. The number of hydrogen-bond acceptors (Lipinski definition) is 6. The van der Waals surface area contributed by atoms with Crippen LogP contribution in [-0.4, -0.2) is 44.6 Å². The van der Waals surface area contributed by atoms with E-state index in [1.807, 2.05) is 30.3 Å². The molecule has 1 aromatic carbocycles. The first kappa shape index (κ1) is 20.1. The summed E-state index contributed by atoms with van der Waals surface area (Å²) in [5.41, 5.74) is 1.31. The number of ether oxygens (including phenoxy) is 1. The second-order valence-electron chi connectivity index (χ2n) is 6.25. The number of carbonyl (C=O) groups is 2. The summed E-state index contributed by atoms with van der Waals surface area (Å²) in [6, 6.07) is 9.45. The maximum absolute atomic E-state index is 12.4. The van der Waals surface area contributed by atoms with Crippen molar-refractivity contribution >= 4 is 17.6 Å². The number of nitrogens with zero attached hydrogens (tertiary/aromatic N) is 4. The first-order valence-corrected chi connectivity index (χ1v) is 8.37. The van der Waals surface area contributed by atoms with Gasteiger partial charge in [0.1, 0.15) is 17.9 Å². The predicted octanol–water partition coefficient (Wildman–Crippen LogP) is 2.00. The largest absolute Gasteiger partial charge is 0.451 e. The van der Waals surface area contributed by atoms with Crippen molar-refractivity contribution in [1.29, 1.82) is 0 Å². The molecule has 27 heavy (non-hydrogen) atoms. The average molecular weight is 374 g/mol. The summed E-state index contributed by atoms with van der Waals surface area (Å²) in [6.07, 6.45) is -0.974. The number of carbonyl (C=O) groups excluding carboxylic acids is 2. The van der Waals surface area contributed by atoms with Gasteiger partial charge in [-0.1, -0.05) is 30.3 Å². The quantitative estimate of drug-likeness (QED) is 0.417. The Balaban J connectivity index is 1.96. The molecule has 0 aliphatic carbocycles. The van der Waals surface area contributed by atoms with Gasteiger partial charge in [-0.25, -0.2) is 0 Å². The van der Waals surface area contributed by atoms with Gasteiger partial charge in [0.15, 0.2) is 6.10 Å². The van der Waals surface area contributed by atoms with E-state index in [0.717, 1.165) is 5.56 Å². The van der Waals surface area contributed by atoms with Gasteiger partial charge in [-0.15, -0.1) is 0 Å². The number of aryl methyl sites for hydroxylation is 1. The van der Waals surface area contributed by atoms with Crippen molar-refractivity contribution < 1.29 is 19.2 Å². The van der Waals surface area contributed by atoms with Crippen LogP contribution in [0.25, 0.3) is 0 Å². The lowest BCUT2D eigenvalue weighted by molar-refractivity contribution is -0.386. The molecule has 1 atom stereocenters. The molecule has 0 saturated carbocycles. The van der Waals surface area contributed by atoms with Crippen LogP contribution in [0.3, 0.4) is 0 Å². The second-order valence-corrected chi connectivity index (χ2v) is 6.25. The van der Waals surface area contributed by atoms with Crippen LogP contribution in [0, 0.1) is 24.0 Å². The minimum atomic E-state index is -0.974. The van der Waals surface area contributed by atoms with Gasteiger partial charge in [-0.05, 0) is 26.3 Å². The molecular weight excluding hydrogens is 352 g/mol. The van der Waals surface area contributed by atoms with Crippen LogP contribution < -0.4 is 0 Å². The smallest absolute Gasteiger partial charge is 0.328 e. The second kappa shape index (κ2) is 8.43. The summed E-state index contributed by atoms with van der Waals surface area (Å²) < 4.78 is 6.39. The molecule has 1 heterocycles. The van der Waals surface area contributed by atoms with Crippen LogP contribution in [0.5, 0.6) is 0 Å². The topological polar surface area (TPSA) is 108 Å². The Morgan fingerprint density at radius 1 is 1.30 bits per heavy atom. The molecular formula is C18H22N4O5. The first-order chi connectivity index (χ1) is 12.7. The zero-order chi connectivity index (χ0) is 20.1. The standard InChI is InChI=1S/C18H22N4O5/c1-12-17(22(25)26)13(2)21(19-12)11-16(23)27-14(3)18(24)20(4)10-15-8-6-5-7-9-15/h5-9,14H,10-11H2,1-4H3/t14-/m0/s1. The van der Waals surface area contributed by atoms with Crippen molar-refractivity contribution in [3.63, 3.8) is 0 Å². The number of rotatable bonds is 7. The molecule has 144 valence electrons. The van der Waals surface area contributed by atoms with Crippen LogP contribution in [0.1, 0.15) is 23.9 Å². The van der Waals surface area contributed by atoms with E-state index in [0.29, 0.717) is 6.54 Å². The van der Waals surface area contributed by atoms with Gasteiger partial charge in [-0.3, -0.25) is 24.4 Å². The van der Waals surface area contributed by atoms with E-state index in [4.69, 9.17) is 4.74 Å². The molecule has 0 radical (unpaired) electrons. The zero-order valence-corrected chi connectivity index (χ0v) is 15.7. The van der Waals surface area contributed by atoms with E-state index in [2.05, 4.69) is 5.10 Å². The van der Waals surface area contributed by atoms with Gasteiger partial charge in [0.05, 0.1) is 4.92 Å². The van der Waals surface area contributed by atoms with Crippen molar-refractivity contribution in [2.24, 2.45) is 0 Å². The van der Waals surface area contributed by atoms with Crippen LogP contribution >= 0.6 is 0 Å². The van der Waals surface area contributed by atoms with Gasteiger partial charge in [0.25, 0.3) is 5.91 Å². The van der Waals surface area contributed by atoms with Gasteiger partial charge in [0.2, 0.25) is 0 Å². The molecule has 0 aliphatic rings. The number of esters is 1. The van der Waals surface area contributed by atoms with E-state index in [1.165, 1.54) is 30.4 Å². The molecule has 2 aromatic rings. The maximum Gasteiger partial charge on any atom is 0.328 e. The van der Waals surface area contributed by atoms with Crippen LogP contribution in [0.15, 0.2) is 30.3 Å². The molecule has 1 amide bonds. The molecule has 9 heteroatoms. The van der Waals surface area contributed by atoms with Gasteiger partial charge in [-0.2, -0.15) is 5.10 Å². The molecule has 0 aliphatic heterocycles. The first-order valence-electron chi connectivity index (χ1n) is 8.37. The Hall–Kier alpha value is -3.23. The minimum absolute atomic E-state index is 0.130. The van der Waals surface area contributed by atoms with E-state index in [-0.39, 0.29) is 29.5 Å². The summed E-state index contributed by atoms with van der Waals surface area (Å²) in [7, 11) is 1.63. The molecule has 2 rings (SSSR count). The number of benzene rings is 1. The fourth-order valence-electron chi connectivity index (χ4n) is 2.76. The number of likely N-dealkylation sites (N-methyl/N-ethyl adjacent to an activating group) is 1. The maximum atomic E-state index is 12.4. The molecule has 0 bridgehead atoms. The Bertz CT molecular complexity index is 847. The Labute approximate surface area is 156 Å². The fourth-order valence-corrected chi connectivity index (χ4v) is 2.76. The highest BCUT2D eigenvalue weighted by Crippen LogP contribution is 2.21. The Morgan fingerprint density at radius 2 is 1.93 bits per heavy atom. The van der Waals surface area contributed by atoms with Crippen molar-refractivity contribution in [3.05, 3.63) is 57.4 Å². The zero-order valence-electron chi connectivity index (χ0n) is 15.7. The lowest BCUT2D eigenvalue weighted by atomic mass is 10.2. The van der Waals surface area contributed by atoms with E-state index >= 15 is 0 Å². The SMILES string of the molecule is Cc1nn(CC(=O)O[C@@H](C)C(=O)N(C)Cc2ccccc2)c(C)c1[N+](=O)[O-]. The molecule has 0 N–H and O–H groups in total. The van der Waals surface area contributed by atoms with E-state index in [1.54, 1.807) is 7.05 Å². The highest BCUT2D eigenvalue weighted by atomic mass is 16.6. The number of nitro groups is 1. The molecule has 0 unspecified atom stereocenters. The van der Waals surface area contributed by atoms with Crippen molar-refractivity contribution in [2.45, 2.75) is 40.0 Å². The molecule has 1 aromatic heterocycles. The van der Waals surface area contributed by atoms with Crippen LogP contribution in [-0.2, 0) is 27.4 Å². The lowest BCUT2D eigenvalue weighted by Gasteiger charge is -2.21. The number of hydrogen-bond donors (Lipinski definition) is 0. The minimum Gasteiger partial charge on any atom is -0.451 e. The highest BCUT2D eigenvalue weighted by Gasteiger charge is 2.25. The monoisotopic (exact) mass is 374 g/mol. The van der Waals surface area contributed by atoms with Crippen LogP contribution in [0.2, 0.25) is 0 Å². The third-order valence-corrected chi connectivity index (χ3v) is 4.10. The van der Waals surface area contributed by atoms with E-state index < -0.39 is 17.0 Å². The van der Waals surface area contributed by atoms with Crippen LogP contribution in [0.4, 0.5) is 5.69 Å². The van der Waals surface area contributed by atoms with Crippen molar-refractivity contribution in [3.8, 4) is 0 Å². The molecule has 0 spiro atoms. The summed E-state index contributed by atoms with van der Waals surface area (Å²) in [6.45, 7) is 4.59.